The molecule has 22 heavy (non-hydrogen) atoms. The second-order valence-corrected chi connectivity index (χ2v) is 8.82. The maximum atomic E-state index is 12.4. The first-order chi connectivity index (χ1) is 10.1. The van der Waals surface area contributed by atoms with E-state index in [9.17, 15) is 21.6 Å². The summed E-state index contributed by atoms with van der Waals surface area (Å²) in [6.45, 7) is 0.336. The molecule has 1 heterocycles. The van der Waals surface area contributed by atoms with E-state index in [2.05, 4.69) is 0 Å². The van der Waals surface area contributed by atoms with Crippen LogP contribution in [0.5, 0.6) is 0 Å². The number of carbonyl (C=O) groups is 1. The molecule has 8 nitrogen and oxygen atoms in total. The number of carboxylic acids is 1. The summed E-state index contributed by atoms with van der Waals surface area (Å²) in [5.41, 5.74) is 0.000783. The Labute approximate surface area is 129 Å². The van der Waals surface area contributed by atoms with Crippen LogP contribution in [0.4, 0.5) is 0 Å². The number of benzene rings is 1. The molecule has 1 N–H and O–H groups in total. The number of sulfonamides is 2. The van der Waals surface area contributed by atoms with E-state index in [0.29, 0.717) is 0 Å². The minimum absolute atomic E-state index is 0.000783. The molecular weight excluding hydrogens is 332 g/mol. The monoisotopic (exact) mass is 348 g/mol. The van der Waals surface area contributed by atoms with Crippen LogP contribution in [0.3, 0.4) is 0 Å². The van der Waals surface area contributed by atoms with Gasteiger partial charge in [-0.2, -0.15) is 8.61 Å². The molecule has 1 saturated heterocycles. The van der Waals surface area contributed by atoms with Crippen molar-refractivity contribution in [3.05, 3.63) is 29.8 Å². The molecule has 0 atom stereocenters. The van der Waals surface area contributed by atoms with E-state index in [1.807, 2.05) is 0 Å². The normalized spacial score (nSPS) is 18.2. The Hall–Kier alpha value is -1.49. The molecule has 1 aliphatic rings. The van der Waals surface area contributed by atoms with Crippen molar-refractivity contribution in [1.29, 1.82) is 0 Å². The molecule has 0 radical (unpaired) electrons. The lowest BCUT2D eigenvalue weighted by molar-refractivity contribution is 0.0696. The van der Waals surface area contributed by atoms with Gasteiger partial charge in [0.05, 0.1) is 16.7 Å². The van der Waals surface area contributed by atoms with Gasteiger partial charge >= 0.3 is 5.97 Å². The van der Waals surface area contributed by atoms with Crippen LogP contribution in [0.1, 0.15) is 10.4 Å². The Morgan fingerprint density at radius 2 is 1.41 bits per heavy atom. The van der Waals surface area contributed by atoms with Crippen molar-refractivity contribution in [1.82, 2.24) is 8.61 Å². The van der Waals surface area contributed by atoms with Crippen LogP contribution in [0.15, 0.2) is 29.2 Å². The summed E-state index contributed by atoms with van der Waals surface area (Å²) in [5, 5.41) is 8.81. The van der Waals surface area contributed by atoms with Gasteiger partial charge in [-0.1, -0.05) is 0 Å². The molecule has 0 amide bonds. The fourth-order valence-electron chi connectivity index (χ4n) is 2.16. The Balaban J connectivity index is 2.16. The van der Waals surface area contributed by atoms with Gasteiger partial charge in [-0.15, -0.1) is 0 Å². The van der Waals surface area contributed by atoms with Crippen molar-refractivity contribution in [3.8, 4) is 0 Å². The molecule has 0 bridgehead atoms. The molecule has 0 aromatic heterocycles. The number of hydrogen-bond donors (Lipinski definition) is 1. The summed E-state index contributed by atoms with van der Waals surface area (Å²) in [5.74, 6) is -1.13. The molecule has 10 heteroatoms. The van der Waals surface area contributed by atoms with Gasteiger partial charge in [0.15, 0.2) is 0 Å². The van der Waals surface area contributed by atoms with Crippen LogP contribution in [0.2, 0.25) is 0 Å². The summed E-state index contributed by atoms with van der Waals surface area (Å²) >= 11 is 0. The highest BCUT2D eigenvalue weighted by Crippen LogP contribution is 2.19. The molecule has 2 rings (SSSR count). The Kier molecular flexibility index (Phi) is 4.57. The van der Waals surface area contributed by atoms with Crippen LogP contribution >= 0.6 is 0 Å². The quantitative estimate of drug-likeness (QED) is 0.796. The lowest BCUT2D eigenvalue weighted by atomic mass is 10.2. The molecule has 1 aromatic carbocycles. The lowest BCUT2D eigenvalue weighted by Crippen LogP contribution is -2.50. The minimum Gasteiger partial charge on any atom is -0.478 e. The summed E-state index contributed by atoms with van der Waals surface area (Å²) in [7, 11) is -7.08. The zero-order chi connectivity index (χ0) is 16.5. The Morgan fingerprint density at radius 3 is 1.82 bits per heavy atom. The van der Waals surface area contributed by atoms with Crippen molar-refractivity contribution < 1.29 is 26.7 Å². The van der Waals surface area contributed by atoms with Crippen LogP contribution < -0.4 is 0 Å². The standard InChI is InChI=1S/C12H16N2O6S2/c1-21(17,18)13-6-8-14(9-7-13)22(19,20)11-4-2-10(3-5-11)12(15)16/h2-5H,6-9H2,1H3,(H,15,16). The van der Waals surface area contributed by atoms with Crippen LogP contribution in [0, 0.1) is 0 Å². The molecule has 0 saturated carbocycles. The summed E-state index contributed by atoms with van der Waals surface area (Å²) < 4.78 is 50.1. The molecular formula is C12H16N2O6S2. The number of nitrogens with zero attached hydrogens (tertiary/aromatic N) is 2. The van der Waals surface area contributed by atoms with Gasteiger partial charge < -0.3 is 5.11 Å². The maximum Gasteiger partial charge on any atom is 0.335 e. The largest absolute Gasteiger partial charge is 0.478 e. The molecule has 0 unspecified atom stereocenters. The lowest BCUT2D eigenvalue weighted by Gasteiger charge is -2.32. The van der Waals surface area contributed by atoms with Gasteiger partial charge in [-0.3, -0.25) is 0 Å². The Morgan fingerprint density at radius 1 is 0.955 bits per heavy atom. The van der Waals surface area contributed by atoms with Gasteiger partial charge in [0, 0.05) is 26.2 Å². The zero-order valence-electron chi connectivity index (χ0n) is 11.8. The van der Waals surface area contributed by atoms with E-state index in [0.717, 1.165) is 6.26 Å². The average Bonchev–Trinajstić information content (AvgIpc) is 2.46. The molecule has 1 aromatic rings. The molecule has 1 fully saturated rings. The first-order valence-electron chi connectivity index (χ1n) is 6.41. The molecule has 1 aliphatic heterocycles. The number of hydrogen-bond acceptors (Lipinski definition) is 5. The first kappa shape index (κ1) is 16.9. The fraction of sp³-hybridized carbons (Fsp3) is 0.417. The van der Waals surface area contributed by atoms with E-state index in [1.54, 1.807) is 0 Å². The SMILES string of the molecule is CS(=O)(=O)N1CCN(S(=O)(=O)c2ccc(C(=O)O)cc2)CC1. The van der Waals surface area contributed by atoms with Gasteiger partial charge in [-0.25, -0.2) is 21.6 Å². The highest BCUT2D eigenvalue weighted by Gasteiger charge is 2.31. The molecule has 122 valence electrons. The molecule has 0 spiro atoms. The first-order valence-corrected chi connectivity index (χ1v) is 9.70. The van der Waals surface area contributed by atoms with Crippen molar-refractivity contribution in [2.45, 2.75) is 4.90 Å². The van der Waals surface area contributed by atoms with E-state index in [-0.39, 0.29) is 36.6 Å². The summed E-state index contributed by atoms with van der Waals surface area (Å²) in [6, 6.07) is 4.92. The van der Waals surface area contributed by atoms with Crippen molar-refractivity contribution >= 4 is 26.0 Å². The van der Waals surface area contributed by atoms with E-state index < -0.39 is 26.0 Å². The van der Waals surface area contributed by atoms with Crippen molar-refractivity contribution in [2.24, 2.45) is 0 Å². The number of piperazine rings is 1. The van der Waals surface area contributed by atoms with Gasteiger partial charge in [0.25, 0.3) is 0 Å². The van der Waals surface area contributed by atoms with Gasteiger partial charge in [0.2, 0.25) is 20.0 Å². The minimum atomic E-state index is -3.75. The topological polar surface area (TPSA) is 112 Å². The fourth-order valence-corrected chi connectivity index (χ4v) is 4.41. The van der Waals surface area contributed by atoms with E-state index in [1.165, 1.54) is 32.9 Å². The van der Waals surface area contributed by atoms with Crippen molar-refractivity contribution in [2.75, 3.05) is 32.4 Å². The second-order valence-electron chi connectivity index (χ2n) is 4.90. The highest BCUT2D eigenvalue weighted by molar-refractivity contribution is 7.89. The van der Waals surface area contributed by atoms with Crippen LogP contribution in [-0.4, -0.2) is 69.0 Å². The number of rotatable bonds is 4. The van der Waals surface area contributed by atoms with E-state index >= 15 is 0 Å². The third-order valence-corrected chi connectivity index (χ3v) is 6.62. The average molecular weight is 348 g/mol. The number of carboxylic acid groups (broad SMARTS) is 1. The molecule has 0 aliphatic carbocycles. The third-order valence-electron chi connectivity index (χ3n) is 3.41. The summed E-state index contributed by atoms with van der Waals surface area (Å²) in [4.78, 5) is 10.8. The Bertz CT molecular complexity index is 762. The second kappa shape index (κ2) is 5.95. The van der Waals surface area contributed by atoms with Gasteiger partial charge in [0.1, 0.15) is 0 Å². The van der Waals surface area contributed by atoms with Crippen LogP contribution in [0.25, 0.3) is 0 Å². The predicted octanol–water partition coefficient (Wildman–Crippen LogP) is -0.349. The predicted molar refractivity (Wildman–Crippen MR) is 78.6 cm³/mol. The van der Waals surface area contributed by atoms with Crippen LogP contribution in [-0.2, 0) is 20.0 Å². The number of aromatic carboxylic acids is 1. The highest BCUT2D eigenvalue weighted by atomic mass is 32.2. The van der Waals surface area contributed by atoms with Gasteiger partial charge in [-0.05, 0) is 24.3 Å². The zero-order valence-corrected chi connectivity index (χ0v) is 13.5. The van der Waals surface area contributed by atoms with Crippen molar-refractivity contribution in [3.63, 3.8) is 0 Å². The van der Waals surface area contributed by atoms with E-state index in [4.69, 9.17) is 5.11 Å². The maximum absolute atomic E-state index is 12.4. The third kappa shape index (κ3) is 3.46. The summed E-state index contributed by atoms with van der Waals surface area (Å²) in [6.07, 6.45) is 1.09. The smallest absolute Gasteiger partial charge is 0.335 e.